The quantitative estimate of drug-likeness (QED) is 0.235. The Labute approximate surface area is 199 Å². The monoisotopic (exact) mass is 450 g/mol. The van der Waals surface area contributed by atoms with Crippen LogP contribution in [0.25, 0.3) is 28.1 Å². The van der Waals surface area contributed by atoms with Crippen molar-refractivity contribution in [3.05, 3.63) is 107 Å². The smallest absolute Gasteiger partial charge is 0.216 e. The lowest BCUT2D eigenvalue weighted by Gasteiger charge is -2.31. The van der Waals surface area contributed by atoms with Gasteiger partial charge in [0.05, 0.1) is 10.9 Å². The number of rotatable bonds is 7. The number of allylic oxidation sites excluding steroid dienone is 2. The van der Waals surface area contributed by atoms with Gasteiger partial charge < -0.3 is 0 Å². The lowest BCUT2D eigenvalue weighted by Crippen LogP contribution is -2.15. The fourth-order valence-electron chi connectivity index (χ4n) is 4.58. The van der Waals surface area contributed by atoms with Crippen molar-refractivity contribution in [1.82, 2.24) is 10.2 Å². The van der Waals surface area contributed by atoms with Gasteiger partial charge in [-0.2, -0.15) is 9.49 Å². The summed E-state index contributed by atoms with van der Waals surface area (Å²) in [6.07, 6.45) is 7.50. The SMILES string of the molecule is CCC(=O)/C=C/c1ccc(/C(=C(\c2ccccc2)C2CCC2)c2ccc3n[nH]c(F)c3c2)cc1. The summed E-state index contributed by atoms with van der Waals surface area (Å²) in [5, 5.41) is 7.01. The van der Waals surface area contributed by atoms with Gasteiger partial charge in [-0.05, 0) is 70.4 Å². The third-order valence-electron chi connectivity index (χ3n) is 6.67. The second-order valence-electron chi connectivity index (χ2n) is 8.83. The molecule has 1 aromatic heterocycles. The van der Waals surface area contributed by atoms with E-state index in [2.05, 4.69) is 46.6 Å². The van der Waals surface area contributed by atoms with Gasteiger partial charge in [0.2, 0.25) is 5.95 Å². The van der Waals surface area contributed by atoms with E-state index in [9.17, 15) is 9.18 Å². The molecule has 4 heteroatoms. The first-order chi connectivity index (χ1) is 16.6. The van der Waals surface area contributed by atoms with Crippen molar-refractivity contribution in [2.45, 2.75) is 32.6 Å². The largest absolute Gasteiger partial charge is 0.295 e. The number of nitrogens with one attached hydrogen (secondary N) is 1. The molecule has 1 N–H and O–H groups in total. The number of nitrogens with zero attached hydrogens (tertiary/aromatic N) is 1. The van der Waals surface area contributed by atoms with Crippen LogP contribution in [-0.2, 0) is 4.79 Å². The summed E-state index contributed by atoms with van der Waals surface area (Å²) < 4.78 is 14.4. The fraction of sp³-hybridized carbons (Fsp3) is 0.200. The van der Waals surface area contributed by atoms with Crippen molar-refractivity contribution in [2.75, 3.05) is 0 Å². The Morgan fingerprint density at radius 2 is 1.74 bits per heavy atom. The number of fused-ring (bicyclic) bond motifs is 1. The first-order valence-corrected chi connectivity index (χ1v) is 11.9. The van der Waals surface area contributed by atoms with Crippen LogP contribution in [0.1, 0.15) is 54.9 Å². The van der Waals surface area contributed by atoms with Gasteiger partial charge in [-0.1, -0.05) is 80.1 Å². The first kappa shape index (κ1) is 22.0. The Morgan fingerprint density at radius 3 is 2.41 bits per heavy atom. The van der Waals surface area contributed by atoms with Crippen molar-refractivity contribution in [2.24, 2.45) is 5.92 Å². The molecule has 34 heavy (non-hydrogen) atoms. The van der Waals surface area contributed by atoms with Crippen molar-refractivity contribution >= 4 is 33.9 Å². The molecule has 0 bridgehead atoms. The third kappa shape index (κ3) is 4.36. The molecule has 0 atom stereocenters. The van der Waals surface area contributed by atoms with Crippen molar-refractivity contribution in [1.29, 1.82) is 0 Å². The molecule has 0 spiro atoms. The molecule has 0 aliphatic heterocycles. The number of benzene rings is 3. The summed E-state index contributed by atoms with van der Waals surface area (Å²) in [7, 11) is 0. The van der Waals surface area contributed by atoms with Gasteiger partial charge in [0, 0.05) is 6.42 Å². The number of aromatic amines is 1. The maximum Gasteiger partial charge on any atom is 0.216 e. The van der Waals surface area contributed by atoms with E-state index in [1.807, 2.05) is 49.4 Å². The van der Waals surface area contributed by atoms with Crippen LogP contribution in [0.2, 0.25) is 0 Å². The second-order valence-corrected chi connectivity index (χ2v) is 8.83. The summed E-state index contributed by atoms with van der Waals surface area (Å²) in [6, 6.07) is 24.6. The van der Waals surface area contributed by atoms with Crippen LogP contribution >= 0.6 is 0 Å². The van der Waals surface area contributed by atoms with Crippen molar-refractivity contribution < 1.29 is 9.18 Å². The molecule has 0 radical (unpaired) electrons. The van der Waals surface area contributed by atoms with Crippen molar-refractivity contribution in [3.63, 3.8) is 0 Å². The number of carbonyl (C=O) groups is 1. The Morgan fingerprint density at radius 1 is 1.00 bits per heavy atom. The molecule has 3 nitrogen and oxygen atoms in total. The summed E-state index contributed by atoms with van der Waals surface area (Å²) in [6.45, 7) is 1.86. The molecule has 170 valence electrons. The van der Waals surface area contributed by atoms with Gasteiger partial charge in [-0.15, -0.1) is 0 Å². The van der Waals surface area contributed by atoms with E-state index in [4.69, 9.17) is 0 Å². The summed E-state index contributed by atoms with van der Waals surface area (Å²) in [4.78, 5) is 11.7. The Hall–Kier alpha value is -3.79. The highest BCUT2D eigenvalue weighted by molar-refractivity contribution is 6.01. The van der Waals surface area contributed by atoms with E-state index in [0.29, 0.717) is 23.2 Å². The maximum atomic E-state index is 14.4. The topological polar surface area (TPSA) is 45.8 Å². The summed E-state index contributed by atoms with van der Waals surface area (Å²) in [5.41, 5.74) is 7.28. The lowest BCUT2D eigenvalue weighted by atomic mass is 9.73. The molecule has 5 rings (SSSR count). The summed E-state index contributed by atoms with van der Waals surface area (Å²) >= 11 is 0. The Balaban J connectivity index is 1.69. The number of halogens is 1. The minimum Gasteiger partial charge on any atom is -0.295 e. The van der Waals surface area contributed by atoms with E-state index in [1.54, 1.807) is 6.08 Å². The molecule has 0 amide bonds. The predicted octanol–water partition coefficient (Wildman–Crippen LogP) is 7.45. The van der Waals surface area contributed by atoms with Crippen LogP contribution < -0.4 is 0 Å². The zero-order valence-corrected chi connectivity index (χ0v) is 19.2. The van der Waals surface area contributed by atoms with Gasteiger partial charge in [0.15, 0.2) is 5.78 Å². The van der Waals surface area contributed by atoms with Gasteiger partial charge in [-0.25, -0.2) is 0 Å². The normalized spacial score (nSPS) is 14.9. The van der Waals surface area contributed by atoms with Crippen LogP contribution in [0.15, 0.2) is 78.9 Å². The lowest BCUT2D eigenvalue weighted by molar-refractivity contribution is -0.114. The molecule has 1 saturated carbocycles. The van der Waals surface area contributed by atoms with E-state index in [1.165, 1.54) is 17.6 Å². The van der Waals surface area contributed by atoms with E-state index >= 15 is 0 Å². The minimum absolute atomic E-state index is 0.108. The molecule has 0 saturated heterocycles. The standard InChI is InChI=1S/C30H27FN2O/c1-2-25(34)17-13-20-11-14-23(15-12-20)29(24-16-18-27-26(19-24)30(31)33-32-27)28(22-9-6-10-22)21-7-4-3-5-8-21/h3-5,7-8,11-19,22H,2,6,9-10H2,1H3,(H,32,33)/b17-13+,29-28-. The van der Waals surface area contributed by atoms with E-state index < -0.39 is 5.95 Å². The Bertz CT molecular complexity index is 1380. The minimum atomic E-state index is -0.415. The molecular formula is C30H27FN2O. The highest BCUT2D eigenvalue weighted by Crippen LogP contribution is 2.45. The molecule has 1 aliphatic carbocycles. The van der Waals surface area contributed by atoms with Gasteiger partial charge in [0.1, 0.15) is 0 Å². The van der Waals surface area contributed by atoms with Crippen LogP contribution in [0.4, 0.5) is 4.39 Å². The number of hydrogen-bond acceptors (Lipinski definition) is 2. The van der Waals surface area contributed by atoms with Gasteiger partial charge in [-0.3, -0.25) is 9.89 Å². The van der Waals surface area contributed by atoms with Gasteiger partial charge >= 0.3 is 0 Å². The van der Waals surface area contributed by atoms with E-state index in [-0.39, 0.29) is 5.78 Å². The van der Waals surface area contributed by atoms with Crippen LogP contribution in [0.3, 0.4) is 0 Å². The zero-order chi connectivity index (χ0) is 23.5. The number of hydrogen-bond donors (Lipinski definition) is 1. The maximum absolute atomic E-state index is 14.4. The summed E-state index contributed by atoms with van der Waals surface area (Å²) in [5.74, 6) is 0.155. The highest BCUT2D eigenvalue weighted by Gasteiger charge is 2.27. The molecule has 0 unspecified atom stereocenters. The molecule has 4 aromatic rings. The molecule has 1 heterocycles. The number of H-pyrrole nitrogens is 1. The average Bonchev–Trinajstić information content (AvgIpc) is 3.22. The number of aromatic nitrogens is 2. The van der Waals surface area contributed by atoms with Crippen molar-refractivity contribution in [3.8, 4) is 0 Å². The van der Waals surface area contributed by atoms with Crippen LogP contribution in [0.5, 0.6) is 0 Å². The molecule has 1 aliphatic rings. The fourth-order valence-corrected chi connectivity index (χ4v) is 4.58. The third-order valence-corrected chi connectivity index (χ3v) is 6.67. The second kappa shape index (κ2) is 9.60. The van der Waals surface area contributed by atoms with Crippen LogP contribution in [-0.4, -0.2) is 16.0 Å². The number of ketones is 1. The van der Waals surface area contributed by atoms with Gasteiger partial charge in [0.25, 0.3) is 0 Å². The van der Waals surface area contributed by atoms with E-state index in [0.717, 1.165) is 35.1 Å². The predicted molar refractivity (Wildman–Crippen MR) is 137 cm³/mol. The van der Waals surface area contributed by atoms with Crippen LogP contribution in [0, 0.1) is 11.9 Å². The first-order valence-electron chi connectivity index (χ1n) is 11.9. The molecular weight excluding hydrogens is 423 g/mol. The number of carbonyl (C=O) groups excluding carboxylic acids is 1. The molecule has 1 fully saturated rings. The zero-order valence-electron chi connectivity index (χ0n) is 19.2. The Kier molecular flexibility index (Phi) is 6.22. The molecule has 3 aromatic carbocycles. The average molecular weight is 451 g/mol. The highest BCUT2D eigenvalue weighted by atomic mass is 19.1.